The number of rotatable bonds is 4. The van der Waals surface area contributed by atoms with Crippen LogP contribution in [-0.4, -0.2) is 40.6 Å². The van der Waals surface area contributed by atoms with Gasteiger partial charge in [0.2, 0.25) is 0 Å². The topological polar surface area (TPSA) is 69.6 Å². The molecule has 110 valence electrons. The standard InChI is InChI=1S/C14H26N2O3/c1-5-10-8-6-7-9-11(10)15-13(19)16(4)14(2,3)12(17)18/h10-11H,5-9H2,1-4H3,(H,15,19)(H,17,18). The summed E-state index contributed by atoms with van der Waals surface area (Å²) in [6.45, 7) is 5.21. The second-order valence-corrected chi connectivity index (χ2v) is 5.93. The number of nitrogens with zero attached hydrogens (tertiary/aromatic N) is 1. The number of hydrogen-bond acceptors (Lipinski definition) is 2. The Hall–Kier alpha value is -1.26. The van der Waals surface area contributed by atoms with Gasteiger partial charge in [-0.25, -0.2) is 9.59 Å². The zero-order chi connectivity index (χ0) is 14.6. The van der Waals surface area contributed by atoms with Crippen molar-refractivity contribution in [3.05, 3.63) is 0 Å². The molecule has 1 saturated carbocycles. The molecule has 19 heavy (non-hydrogen) atoms. The molecule has 2 atom stereocenters. The van der Waals surface area contributed by atoms with E-state index in [1.165, 1.54) is 32.2 Å². The summed E-state index contributed by atoms with van der Waals surface area (Å²) in [5.41, 5.74) is -1.19. The highest BCUT2D eigenvalue weighted by molar-refractivity contribution is 5.85. The Morgan fingerprint density at radius 3 is 2.42 bits per heavy atom. The van der Waals surface area contributed by atoms with Crippen LogP contribution in [0.15, 0.2) is 0 Å². The van der Waals surface area contributed by atoms with Crippen LogP contribution in [0.5, 0.6) is 0 Å². The third-order valence-electron chi connectivity index (χ3n) is 4.41. The first-order valence-corrected chi connectivity index (χ1v) is 7.08. The predicted molar refractivity (Wildman–Crippen MR) is 74.0 cm³/mol. The molecule has 0 saturated heterocycles. The molecular formula is C14H26N2O3. The number of carbonyl (C=O) groups is 2. The van der Waals surface area contributed by atoms with E-state index in [0.717, 1.165) is 25.7 Å². The number of likely N-dealkylation sites (N-methyl/N-ethyl adjacent to an activating group) is 1. The average molecular weight is 270 g/mol. The summed E-state index contributed by atoms with van der Waals surface area (Å²) in [6.07, 6.45) is 5.55. The first-order chi connectivity index (χ1) is 8.80. The minimum Gasteiger partial charge on any atom is -0.480 e. The number of carboxylic acid groups (broad SMARTS) is 1. The second-order valence-electron chi connectivity index (χ2n) is 5.93. The van der Waals surface area contributed by atoms with Crippen LogP contribution in [-0.2, 0) is 4.79 Å². The maximum absolute atomic E-state index is 12.2. The number of carbonyl (C=O) groups excluding carboxylic acids is 1. The number of nitrogens with one attached hydrogen (secondary N) is 1. The van der Waals surface area contributed by atoms with Crippen molar-refractivity contribution in [3.8, 4) is 0 Å². The number of hydrogen-bond donors (Lipinski definition) is 2. The van der Waals surface area contributed by atoms with E-state index >= 15 is 0 Å². The first-order valence-electron chi connectivity index (χ1n) is 7.08. The van der Waals surface area contributed by atoms with Crippen LogP contribution in [0.1, 0.15) is 52.9 Å². The molecule has 0 aromatic rings. The average Bonchev–Trinajstić information content (AvgIpc) is 2.38. The van der Waals surface area contributed by atoms with Crippen LogP contribution in [0, 0.1) is 5.92 Å². The molecule has 1 fully saturated rings. The maximum Gasteiger partial charge on any atom is 0.329 e. The van der Waals surface area contributed by atoms with Crippen molar-refractivity contribution >= 4 is 12.0 Å². The fraction of sp³-hybridized carbons (Fsp3) is 0.857. The molecule has 5 heteroatoms. The Bertz CT molecular complexity index is 342. The molecule has 0 radical (unpaired) electrons. The van der Waals surface area contributed by atoms with Crippen molar-refractivity contribution in [1.82, 2.24) is 10.2 Å². The van der Waals surface area contributed by atoms with Crippen LogP contribution < -0.4 is 5.32 Å². The van der Waals surface area contributed by atoms with Crippen molar-refractivity contribution in [2.45, 2.75) is 64.5 Å². The van der Waals surface area contributed by atoms with E-state index in [9.17, 15) is 9.59 Å². The molecule has 1 aliphatic rings. The van der Waals surface area contributed by atoms with Gasteiger partial charge >= 0.3 is 12.0 Å². The smallest absolute Gasteiger partial charge is 0.329 e. The molecule has 0 heterocycles. The molecule has 0 aliphatic heterocycles. The number of amides is 2. The van der Waals surface area contributed by atoms with Crippen molar-refractivity contribution in [2.75, 3.05) is 7.05 Å². The normalized spacial score (nSPS) is 23.8. The van der Waals surface area contributed by atoms with E-state index in [1.54, 1.807) is 0 Å². The monoisotopic (exact) mass is 270 g/mol. The van der Waals surface area contributed by atoms with Gasteiger partial charge in [0.1, 0.15) is 5.54 Å². The Kier molecular flexibility index (Phi) is 5.20. The summed E-state index contributed by atoms with van der Waals surface area (Å²) in [4.78, 5) is 24.6. The number of aliphatic carboxylic acids is 1. The molecule has 1 aliphatic carbocycles. The zero-order valence-electron chi connectivity index (χ0n) is 12.4. The van der Waals surface area contributed by atoms with E-state index in [-0.39, 0.29) is 12.1 Å². The highest BCUT2D eigenvalue weighted by Gasteiger charge is 2.36. The maximum atomic E-state index is 12.2. The van der Waals surface area contributed by atoms with Gasteiger partial charge in [-0.15, -0.1) is 0 Å². The Balaban J connectivity index is 2.65. The van der Waals surface area contributed by atoms with E-state index in [1.807, 2.05) is 0 Å². The van der Waals surface area contributed by atoms with Crippen LogP contribution >= 0.6 is 0 Å². The van der Waals surface area contributed by atoms with Crippen LogP contribution in [0.25, 0.3) is 0 Å². The van der Waals surface area contributed by atoms with Crippen molar-refractivity contribution in [1.29, 1.82) is 0 Å². The summed E-state index contributed by atoms with van der Waals surface area (Å²) in [5.74, 6) is -0.486. The van der Waals surface area contributed by atoms with Gasteiger partial charge in [0.15, 0.2) is 0 Å². The van der Waals surface area contributed by atoms with E-state index in [2.05, 4.69) is 12.2 Å². The molecule has 2 N–H and O–H groups in total. The summed E-state index contributed by atoms with van der Waals surface area (Å²) >= 11 is 0. The van der Waals surface area contributed by atoms with Crippen molar-refractivity contribution in [3.63, 3.8) is 0 Å². The fourth-order valence-corrected chi connectivity index (χ4v) is 2.54. The third kappa shape index (κ3) is 3.61. The molecule has 2 unspecified atom stereocenters. The quantitative estimate of drug-likeness (QED) is 0.824. The highest BCUT2D eigenvalue weighted by atomic mass is 16.4. The lowest BCUT2D eigenvalue weighted by Gasteiger charge is -2.36. The summed E-state index contributed by atoms with van der Waals surface area (Å²) in [7, 11) is 1.53. The largest absolute Gasteiger partial charge is 0.480 e. The van der Waals surface area contributed by atoms with Crippen LogP contribution in [0.4, 0.5) is 4.79 Å². The summed E-state index contributed by atoms with van der Waals surface area (Å²) in [5, 5.41) is 12.1. The Labute approximate surface area is 115 Å². The van der Waals surface area contributed by atoms with Gasteiger partial charge in [-0.3, -0.25) is 0 Å². The molecule has 2 amide bonds. The molecule has 1 rings (SSSR count). The molecule has 0 bridgehead atoms. The van der Waals surface area contributed by atoms with Gasteiger partial charge < -0.3 is 15.3 Å². The van der Waals surface area contributed by atoms with E-state index in [4.69, 9.17) is 5.11 Å². The van der Waals surface area contributed by atoms with Gasteiger partial charge in [-0.2, -0.15) is 0 Å². The molecule has 0 aromatic heterocycles. The summed E-state index contributed by atoms with van der Waals surface area (Å²) in [6, 6.07) is -0.115. The SMILES string of the molecule is CCC1CCCCC1NC(=O)N(C)C(C)(C)C(=O)O. The molecular weight excluding hydrogens is 244 g/mol. The number of urea groups is 1. The van der Waals surface area contributed by atoms with E-state index in [0.29, 0.717) is 5.92 Å². The third-order valence-corrected chi connectivity index (χ3v) is 4.41. The van der Waals surface area contributed by atoms with Gasteiger partial charge in [-0.1, -0.05) is 26.2 Å². The van der Waals surface area contributed by atoms with Crippen LogP contribution in [0.3, 0.4) is 0 Å². The lowest BCUT2D eigenvalue weighted by Crippen LogP contribution is -2.56. The Morgan fingerprint density at radius 2 is 1.89 bits per heavy atom. The zero-order valence-corrected chi connectivity index (χ0v) is 12.4. The molecule has 0 spiro atoms. The summed E-state index contributed by atoms with van der Waals surface area (Å²) < 4.78 is 0. The Morgan fingerprint density at radius 1 is 1.32 bits per heavy atom. The van der Waals surface area contributed by atoms with Gasteiger partial charge in [0, 0.05) is 13.1 Å². The predicted octanol–water partition coefficient (Wildman–Crippen LogP) is 2.46. The van der Waals surface area contributed by atoms with Gasteiger partial charge in [-0.05, 0) is 32.6 Å². The van der Waals surface area contributed by atoms with Crippen molar-refractivity contribution in [2.24, 2.45) is 5.92 Å². The first kappa shape index (κ1) is 15.8. The fourth-order valence-electron chi connectivity index (χ4n) is 2.54. The van der Waals surface area contributed by atoms with Gasteiger partial charge in [0.05, 0.1) is 0 Å². The van der Waals surface area contributed by atoms with Crippen LogP contribution in [0.2, 0.25) is 0 Å². The lowest BCUT2D eigenvalue weighted by atomic mass is 9.83. The second kappa shape index (κ2) is 6.26. The number of carboxylic acids is 1. The minimum absolute atomic E-state index is 0.179. The lowest BCUT2D eigenvalue weighted by molar-refractivity contribution is -0.146. The molecule has 0 aromatic carbocycles. The van der Waals surface area contributed by atoms with Gasteiger partial charge in [0.25, 0.3) is 0 Å². The minimum atomic E-state index is -1.19. The van der Waals surface area contributed by atoms with Crippen molar-refractivity contribution < 1.29 is 14.7 Å². The molecule has 5 nitrogen and oxygen atoms in total. The highest BCUT2D eigenvalue weighted by Crippen LogP contribution is 2.27. The van der Waals surface area contributed by atoms with E-state index < -0.39 is 11.5 Å².